The van der Waals surface area contributed by atoms with Gasteiger partial charge in [-0.25, -0.2) is 0 Å². The Morgan fingerprint density at radius 2 is 1.35 bits per heavy atom. The lowest BCUT2D eigenvalue weighted by molar-refractivity contribution is 0.237. The van der Waals surface area contributed by atoms with E-state index < -0.39 is 0 Å². The van der Waals surface area contributed by atoms with Crippen molar-refractivity contribution in [3.63, 3.8) is 0 Å². The Morgan fingerprint density at radius 1 is 0.950 bits per heavy atom. The summed E-state index contributed by atoms with van der Waals surface area (Å²) in [5.74, 6) is 0.239. The van der Waals surface area contributed by atoms with Crippen LogP contribution in [0.3, 0.4) is 0 Å². The lowest BCUT2D eigenvalue weighted by Gasteiger charge is -2.24. The Morgan fingerprint density at radius 3 is 1.70 bits per heavy atom. The molecule has 1 fully saturated rings. The molecule has 7 heteroatoms. The molecule has 20 heavy (non-hydrogen) atoms. The maximum Gasteiger partial charge on any atom is 0.194 e. The van der Waals surface area contributed by atoms with Gasteiger partial charge < -0.3 is 4.74 Å². The average molecular weight is 278 g/mol. The van der Waals surface area contributed by atoms with Crippen LogP contribution in [0, 0.1) is 28.1 Å². The van der Waals surface area contributed by atoms with Crippen molar-refractivity contribution in [1.82, 2.24) is 14.7 Å². The second kappa shape index (κ2) is 9.27. The molecule has 0 amide bonds. The van der Waals surface area contributed by atoms with Crippen molar-refractivity contribution in [1.29, 1.82) is 15.9 Å². The van der Waals surface area contributed by atoms with E-state index in [0.29, 0.717) is 19.6 Å². The molecule has 1 saturated heterocycles. The molecule has 0 radical (unpaired) electrons. The van der Waals surface area contributed by atoms with Crippen molar-refractivity contribution >= 4 is 5.90 Å². The molecule has 1 rings (SSSR count). The van der Waals surface area contributed by atoms with E-state index >= 15 is 0 Å². The Balaban J connectivity index is 2.63. The highest BCUT2D eigenvalue weighted by atomic mass is 16.5. The van der Waals surface area contributed by atoms with Crippen molar-refractivity contribution in [2.45, 2.75) is 0 Å². The largest absolute Gasteiger partial charge is 0.484 e. The zero-order valence-electron chi connectivity index (χ0n) is 12.0. The van der Waals surface area contributed by atoms with Crippen LogP contribution in [0.2, 0.25) is 0 Å². The minimum atomic E-state index is 0.239. The number of rotatable bonds is 4. The number of nitrogens with one attached hydrogen (secondary N) is 1. The Kier molecular flexibility index (Phi) is 7.59. The topological polar surface area (TPSA) is 90.4 Å². The van der Waals surface area contributed by atoms with Gasteiger partial charge in [0.2, 0.25) is 0 Å². The first-order valence-electron chi connectivity index (χ1n) is 6.72. The molecule has 0 aromatic heterocycles. The van der Waals surface area contributed by atoms with Gasteiger partial charge in [0.15, 0.2) is 5.90 Å². The first-order valence-corrected chi connectivity index (χ1v) is 6.72. The van der Waals surface area contributed by atoms with E-state index in [1.54, 1.807) is 0 Å². The quantitative estimate of drug-likeness (QED) is 0.426. The summed E-state index contributed by atoms with van der Waals surface area (Å²) in [7, 11) is 1.50. The van der Waals surface area contributed by atoms with Gasteiger partial charge in [0.05, 0.1) is 38.9 Å². The van der Waals surface area contributed by atoms with Gasteiger partial charge in [0.25, 0.3) is 0 Å². The third-order valence-corrected chi connectivity index (χ3v) is 3.40. The average Bonchev–Trinajstić information content (AvgIpc) is 2.53. The minimum absolute atomic E-state index is 0.239. The highest BCUT2D eigenvalue weighted by Gasteiger charge is 2.17. The molecule has 0 bridgehead atoms. The van der Waals surface area contributed by atoms with E-state index in [1.807, 2.05) is 0 Å². The maximum atomic E-state index is 8.84. The van der Waals surface area contributed by atoms with E-state index in [-0.39, 0.29) is 5.90 Å². The standard InChI is InChI=1S/C13H22N6O/c1-20-13(16)12-19-10-8-17(4-2-14)6-7-18(5-3-15)9-11-19/h16H,4-12H2,1H3. The molecule has 0 spiro atoms. The number of ether oxygens (including phenoxy) is 1. The van der Waals surface area contributed by atoms with Gasteiger partial charge in [0, 0.05) is 39.3 Å². The monoisotopic (exact) mass is 278 g/mol. The zero-order chi connectivity index (χ0) is 14.8. The number of nitriles is 2. The van der Waals surface area contributed by atoms with Crippen LogP contribution in [0.25, 0.3) is 0 Å². The van der Waals surface area contributed by atoms with Crippen LogP contribution in [-0.4, -0.2) is 86.6 Å². The summed E-state index contributed by atoms with van der Waals surface area (Å²) in [5.41, 5.74) is 0. The summed E-state index contributed by atoms with van der Waals surface area (Å²) in [5, 5.41) is 25.3. The van der Waals surface area contributed by atoms with Crippen LogP contribution in [0.1, 0.15) is 0 Å². The zero-order valence-corrected chi connectivity index (χ0v) is 12.0. The van der Waals surface area contributed by atoms with Gasteiger partial charge >= 0.3 is 0 Å². The van der Waals surface area contributed by atoms with Gasteiger partial charge in [-0.3, -0.25) is 20.1 Å². The predicted octanol–water partition coefficient (Wildman–Crippen LogP) is -0.423. The smallest absolute Gasteiger partial charge is 0.194 e. The SMILES string of the molecule is COC(=N)CN1CCN(CC#N)CCN(CC#N)CC1. The van der Waals surface area contributed by atoms with E-state index in [0.717, 1.165) is 39.3 Å². The summed E-state index contributed by atoms with van der Waals surface area (Å²) in [6, 6.07) is 4.35. The molecule has 1 heterocycles. The van der Waals surface area contributed by atoms with Crippen molar-refractivity contribution in [2.75, 3.05) is 66.0 Å². The molecular weight excluding hydrogens is 256 g/mol. The third-order valence-electron chi connectivity index (χ3n) is 3.40. The molecule has 0 aliphatic carbocycles. The molecule has 0 saturated carbocycles. The van der Waals surface area contributed by atoms with Gasteiger partial charge in [-0.15, -0.1) is 0 Å². The van der Waals surface area contributed by atoms with E-state index in [2.05, 4.69) is 26.8 Å². The summed E-state index contributed by atoms with van der Waals surface area (Å²) in [6.07, 6.45) is 0. The van der Waals surface area contributed by atoms with E-state index in [9.17, 15) is 0 Å². The Hall–Kier alpha value is -1.67. The fraction of sp³-hybridized carbons (Fsp3) is 0.769. The fourth-order valence-electron chi connectivity index (χ4n) is 2.13. The third kappa shape index (κ3) is 5.98. The van der Waals surface area contributed by atoms with Gasteiger partial charge in [-0.05, 0) is 0 Å². The first-order chi connectivity index (χ1) is 9.69. The summed E-state index contributed by atoms with van der Waals surface area (Å²) in [4.78, 5) is 6.30. The van der Waals surface area contributed by atoms with E-state index in [4.69, 9.17) is 20.7 Å². The number of hydrogen-bond donors (Lipinski definition) is 1. The normalized spacial score (nSPS) is 19.1. The number of hydrogen-bond acceptors (Lipinski definition) is 7. The van der Waals surface area contributed by atoms with Crippen molar-refractivity contribution in [2.24, 2.45) is 0 Å². The number of nitrogens with zero attached hydrogens (tertiary/aromatic N) is 5. The second-order valence-electron chi connectivity index (χ2n) is 4.77. The van der Waals surface area contributed by atoms with Gasteiger partial charge in [0.1, 0.15) is 0 Å². The summed E-state index contributed by atoms with van der Waals surface area (Å²) in [6.45, 7) is 6.05. The lowest BCUT2D eigenvalue weighted by Crippen LogP contribution is -2.39. The maximum absolute atomic E-state index is 8.84. The molecule has 1 N–H and O–H groups in total. The molecule has 7 nitrogen and oxygen atoms in total. The molecule has 1 aliphatic heterocycles. The van der Waals surface area contributed by atoms with Crippen LogP contribution < -0.4 is 0 Å². The Labute approximate surface area is 120 Å². The van der Waals surface area contributed by atoms with Gasteiger partial charge in [-0.1, -0.05) is 0 Å². The predicted molar refractivity (Wildman–Crippen MR) is 75.3 cm³/mol. The van der Waals surface area contributed by atoms with E-state index in [1.165, 1.54) is 7.11 Å². The lowest BCUT2D eigenvalue weighted by atomic mass is 10.4. The molecule has 110 valence electrons. The first kappa shape index (κ1) is 16.4. The number of methoxy groups -OCH3 is 1. The van der Waals surface area contributed by atoms with Crippen molar-refractivity contribution < 1.29 is 4.74 Å². The molecule has 1 aliphatic rings. The minimum Gasteiger partial charge on any atom is -0.484 e. The van der Waals surface area contributed by atoms with Crippen LogP contribution in [-0.2, 0) is 4.74 Å². The van der Waals surface area contributed by atoms with Gasteiger partial charge in [-0.2, -0.15) is 10.5 Å². The second-order valence-corrected chi connectivity index (χ2v) is 4.77. The highest BCUT2D eigenvalue weighted by molar-refractivity contribution is 5.74. The van der Waals surface area contributed by atoms with Crippen LogP contribution in [0.4, 0.5) is 0 Å². The fourth-order valence-corrected chi connectivity index (χ4v) is 2.13. The van der Waals surface area contributed by atoms with Crippen LogP contribution in [0.15, 0.2) is 0 Å². The summed E-state index contributed by atoms with van der Waals surface area (Å²) >= 11 is 0. The molecule has 0 aromatic carbocycles. The molecule has 0 unspecified atom stereocenters. The van der Waals surface area contributed by atoms with Crippen LogP contribution in [0.5, 0.6) is 0 Å². The Bertz CT molecular complexity index is 357. The molecular formula is C13H22N6O. The van der Waals surface area contributed by atoms with Crippen molar-refractivity contribution in [3.8, 4) is 12.1 Å². The molecule has 0 atom stereocenters. The van der Waals surface area contributed by atoms with Crippen LogP contribution >= 0.6 is 0 Å². The van der Waals surface area contributed by atoms with Crippen molar-refractivity contribution in [3.05, 3.63) is 0 Å². The molecule has 0 aromatic rings. The highest BCUT2D eigenvalue weighted by Crippen LogP contribution is 2.00. The summed E-state index contributed by atoms with van der Waals surface area (Å²) < 4.78 is 4.91.